The fourth-order valence-electron chi connectivity index (χ4n) is 5.36. The molecule has 0 spiro atoms. The molecule has 4 heterocycles. The van der Waals surface area contributed by atoms with E-state index in [1.165, 1.54) is 6.20 Å². The number of fused-ring (bicyclic) bond motifs is 1. The van der Waals surface area contributed by atoms with Crippen molar-refractivity contribution >= 4 is 28.9 Å². The minimum Gasteiger partial charge on any atom is -0.379 e. The Labute approximate surface area is 215 Å². The van der Waals surface area contributed by atoms with Crippen LogP contribution in [0.4, 0.5) is 17.3 Å². The molecular formula is C26H35N7O4. The third-order valence-corrected chi connectivity index (χ3v) is 7.50. The Morgan fingerprint density at radius 3 is 2.92 bits per heavy atom. The number of rotatable bonds is 7. The topological polar surface area (TPSA) is 124 Å². The van der Waals surface area contributed by atoms with Gasteiger partial charge in [-0.25, -0.2) is 4.98 Å². The number of amides is 1. The monoisotopic (exact) mass is 509 g/mol. The van der Waals surface area contributed by atoms with Gasteiger partial charge >= 0.3 is 0 Å². The fraction of sp³-hybridized carbons (Fsp3) is 0.538. The second kappa shape index (κ2) is 10.5. The van der Waals surface area contributed by atoms with Crippen LogP contribution in [0.25, 0.3) is 5.65 Å². The van der Waals surface area contributed by atoms with Gasteiger partial charge in [0.05, 0.1) is 24.4 Å². The molecule has 1 aliphatic heterocycles. The van der Waals surface area contributed by atoms with Crippen LogP contribution in [0.3, 0.4) is 0 Å². The number of ether oxygens (including phenoxy) is 2. The van der Waals surface area contributed by atoms with Gasteiger partial charge in [-0.05, 0) is 57.6 Å². The van der Waals surface area contributed by atoms with Gasteiger partial charge in [0, 0.05) is 39.1 Å². The average Bonchev–Trinajstić information content (AvgIpc) is 3.34. The molecular weight excluding hydrogens is 474 g/mol. The Morgan fingerprint density at radius 2 is 2.16 bits per heavy atom. The first kappa shape index (κ1) is 25.2. The van der Waals surface area contributed by atoms with E-state index in [1.807, 2.05) is 6.07 Å². The highest BCUT2D eigenvalue weighted by atomic mass is 16.5. The summed E-state index contributed by atoms with van der Waals surface area (Å²) >= 11 is 0. The molecule has 1 aliphatic carbocycles. The maximum Gasteiger partial charge on any atom is 0.274 e. The van der Waals surface area contributed by atoms with E-state index in [0.29, 0.717) is 35.1 Å². The second-order valence-corrected chi connectivity index (χ2v) is 10.1. The maximum atomic E-state index is 13.3. The second-order valence-electron chi connectivity index (χ2n) is 10.1. The highest BCUT2D eigenvalue weighted by molar-refractivity contribution is 6.00. The predicted molar refractivity (Wildman–Crippen MR) is 141 cm³/mol. The van der Waals surface area contributed by atoms with E-state index in [4.69, 9.17) is 9.47 Å². The third-order valence-electron chi connectivity index (χ3n) is 7.50. The molecule has 3 N–H and O–H groups in total. The molecule has 198 valence electrons. The quantitative estimate of drug-likeness (QED) is 0.444. The molecule has 5 rings (SSSR count). The van der Waals surface area contributed by atoms with Crippen LogP contribution in [0, 0.1) is 0 Å². The summed E-state index contributed by atoms with van der Waals surface area (Å²) in [6.07, 6.45) is 8.76. The molecule has 1 saturated heterocycles. The number of carbonyl (C=O) groups is 1. The van der Waals surface area contributed by atoms with Crippen molar-refractivity contribution in [2.24, 2.45) is 0 Å². The van der Waals surface area contributed by atoms with E-state index < -0.39 is 0 Å². The molecule has 37 heavy (non-hydrogen) atoms. The molecule has 11 nitrogen and oxygen atoms in total. The molecule has 1 saturated carbocycles. The van der Waals surface area contributed by atoms with E-state index in [9.17, 15) is 9.59 Å². The summed E-state index contributed by atoms with van der Waals surface area (Å²) in [6.45, 7) is 3.34. The molecule has 1 amide bonds. The van der Waals surface area contributed by atoms with Crippen molar-refractivity contribution in [1.82, 2.24) is 24.5 Å². The van der Waals surface area contributed by atoms with Gasteiger partial charge in [-0.3, -0.25) is 9.59 Å². The van der Waals surface area contributed by atoms with Crippen LogP contribution in [-0.4, -0.2) is 64.1 Å². The van der Waals surface area contributed by atoms with Crippen LogP contribution >= 0.6 is 0 Å². The Bertz CT molecular complexity index is 1330. The molecule has 0 radical (unpaired) electrons. The number of nitrogens with one attached hydrogen (secondary N) is 3. The number of anilines is 3. The first-order valence-corrected chi connectivity index (χ1v) is 12.9. The van der Waals surface area contributed by atoms with Crippen LogP contribution in [0.1, 0.15) is 61.8 Å². The van der Waals surface area contributed by atoms with Gasteiger partial charge in [-0.15, -0.1) is 0 Å². The van der Waals surface area contributed by atoms with Crippen LogP contribution < -0.4 is 21.5 Å². The predicted octanol–water partition coefficient (Wildman–Crippen LogP) is 3.11. The van der Waals surface area contributed by atoms with Crippen LogP contribution in [0.5, 0.6) is 0 Å². The van der Waals surface area contributed by atoms with E-state index in [2.05, 4.69) is 33.0 Å². The van der Waals surface area contributed by atoms with Crippen molar-refractivity contribution in [2.75, 3.05) is 38.0 Å². The molecule has 11 heteroatoms. The van der Waals surface area contributed by atoms with Gasteiger partial charge in [0.15, 0.2) is 5.65 Å². The largest absolute Gasteiger partial charge is 0.379 e. The van der Waals surface area contributed by atoms with Gasteiger partial charge in [-0.1, -0.05) is 0 Å². The maximum absolute atomic E-state index is 13.3. The zero-order valence-corrected chi connectivity index (χ0v) is 21.6. The summed E-state index contributed by atoms with van der Waals surface area (Å²) in [5.74, 6) is 0.838. The van der Waals surface area contributed by atoms with E-state index in [0.717, 1.165) is 45.1 Å². The highest BCUT2D eigenvalue weighted by Crippen LogP contribution is 2.31. The summed E-state index contributed by atoms with van der Waals surface area (Å²) in [6, 6.07) is 5.35. The first-order chi connectivity index (χ1) is 17.9. The number of carbonyl (C=O) groups excluding carboxylic acids is 1. The minimum atomic E-state index is -0.238. The minimum absolute atomic E-state index is 0.0104. The standard InChI is InChI=1S/C26H35N7O4/c1-26(36-3)10-4-7-17(14-26)29-24(34)19-15-28-33-22(27-2)13-21(31-23(19)33)30-20-9-5-11-32(25(20)35)18-8-6-12-37-16-18/h5,9,11,13,15,17-18,27H,4,6-8,10,12,14,16H2,1-3H3,(H,29,34)(H,30,31)/t17-,18-,26-/m1/s1. The van der Waals surface area contributed by atoms with Crippen molar-refractivity contribution in [3.8, 4) is 0 Å². The normalized spacial score (nSPS) is 24.1. The lowest BCUT2D eigenvalue weighted by atomic mass is 9.83. The number of aromatic nitrogens is 4. The van der Waals surface area contributed by atoms with Crippen molar-refractivity contribution in [2.45, 2.75) is 63.1 Å². The average molecular weight is 510 g/mol. The lowest BCUT2D eigenvalue weighted by Crippen LogP contribution is -2.45. The van der Waals surface area contributed by atoms with Crippen LogP contribution in [0.2, 0.25) is 0 Å². The molecule has 2 fully saturated rings. The zero-order valence-electron chi connectivity index (χ0n) is 21.6. The van der Waals surface area contributed by atoms with E-state index in [1.54, 1.807) is 41.6 Å². The van der Waals surface area contributed by atoms with Gasteiger partial charge < -0.3 is 30.0 Å². The zero-order chi connectivity index (χ0) is 26.0. The number of hydrogen-bond donors (Lipinski definition) is 3. The summed E-state index contributed by atoms with van der Waals surface area (Å²) in [5.41, 5.74) is 0.788. The van der Waals surface area contributed by atoms with Crippen LogP contribution in [0.15, 0.2) is 35.4 Å². The Balaban J connectivity index is 1.42. The number of methoxy groups -OCH3 is 1. The van der Waals surface area contributed by atoms with Crippen molar-refractivity contribution in [3.63, 3.8) is 0 Å². The van der Waals surface area contributed by atoms with Gasteiger partial charge in [0.25, 0.3) is 11.5 Å². The highest BCUT2D eigenvalue weighted by Gasteiger charge is 2.33. The van der Waals surface area contributed by atoms with E-state index >= 15 is 0 Å². The molecule has 3 aromatic heterocycles. The van der Waals surface area contributed by atoms with Crippen molar-refractivity contribution < 1.29 is 14.3 Å². The fourth-order valence-corrected chi connectivity index (χ4v) is 5.36. The lowest BCUT2D eigenvalue weighted by molar-refractivity contribution is -0.0314. The molecule has 0 unspecified atom stereocenters. The lowest BCUT2D eigenvalue weighted by Gasteiger charge is -2.37. The van der Waals surface area contributed by atoms with Gasteiger partial charge in [0.2, 0.25) is 0 Å². The number of hydrogen-bond acceptors (Lipinski definition) is 8. The smallest absolute Gasteiger partial charge is 0.274 e. The van der Waals surface area contributed by atoms with E-state index in [-0.39, 0.29) is 29.2 Å². The summed E-state index contributed by atoms with van der Waals surface area (Å²) in [4.78, 5) is 31.2. The summed E-state index contributed by atoms with van der Waals surface area (Å²) in [7, 11) is 3.49. The van der Waals surface area contributed by atoms with Gasteiger partial charge in [-0.2, -0.15) is 9.61 Å². The molecule has 0 bridgehead atoms. The third kappa shape index (κ3) is 5.19. The van der Waals surface area contributed by atoms with Gasteiger partial charge in [0.1, 0.15) is 22.9 Å². The number of nitrogens with zero attached hydrogens (tertiary/aromatic N) is 4. The number of pyridine rings is 1. The summed E-state index contributed by atoms with van der Waals surface area (Å²) < 4.78 is 14.6. The van der Waals surface area contributed by atoms with Crippen LogP contribution in [-0.2, 0) is 9.47 Å². The first-order valence-electron chi connectivity index (χ1n) is 12.9. The summed E-state index contributed by atoms with van der Waals surface area (Å²) in [5, 5.41) is 13.8. The molecule has 0 aromatic carbocycles. The van der Waals surface area contributed by atoms with Crippen molar-refractivity contribution in [1.29, 1.82) is 0 Å². The Kier molecular flexibility index (Phi) is 7.16. The molecule has 2 aliphatic rings. The Hall–Kier alpha value is -3.44. The molecule has 3 atom stereocenters. The molecule has 3 aromatic rings. The Morgan fingerprint density at radius 1 is 1.30 bits per heavy atom. The van der Waals surface area contributed by atoms with Crippen molar-refractivity contribution in [3.05, 3.63) is 46.5 Å². The SMILES string of the molecule is CNc1cc(Nc2cccn([C@@H]3CCCOC3)c2=O)nc2c(C(=O)N[C@@H]3CCC[C@@](C)(OC)C3)cnn12.